The summed E-state index contributed by atoms with van der Waals surface area (Å²) in [5, 5.41) is 13.3. The molecular formula is C34H36F3N3O10. The molecule has 16 heteroatoms. The number of esters is 2. The van der Waals surface area contributed by atoms with E-state index in [1.54, 1.807) is 24.3 Å². The lowest BCUT2D eigenvalue weighted by atomic mass is 9.62. The van der Waals surface area contributed by atoms with Crippen molar-refractivity contribution in [2.45, 2.75) is 62.1 Å². The van der Waals surface area contributed by atoms with Crippen molar-refractivity contribution >= 4 is 29.8 Å². The lowest BCUT2D eigenvalue weighted by Crippen LogP contribution is -2.70. The number of alkyl halides is 3. The molecular weight excluding hydrogens is 667 g/mol. The van der Waals surface area contributed by atoms with Crippen LogP contribution in [0.3, 0.4) is 0 Å². The summed E-state index contributed by atoms with van der Waals surface area (Å²) < 4.78 is 59.3. The van der Waals surface area contributed by atoms with Crippen molar-refractivity contribution in [1.82, 2.24) is 15.3 Å². The van der Waals surface area contributed by atoms with E-state index >= 15 is 0 Å². The van der Waals surface area contributed by atoms with Crippen LogP contribution in [0.15, 0.2) is 60.7 Å². The van der Waals surface area contributed by atoms with E-state index in [9.17, 15) is 37.5 Å². The van der Waals surface area contributed by atoms with E-state index in [2.05, 4.69) is 10.1 Å². The van der Waals surface area contributed by atoms with Crippen LogP contribution in [0.25, 0.3) is 6.08 Å². The molecule has 2 amide bonds. The second kappa shape index (κ2) is 14.5. The van der Waals surface area contributed by atoms with Crippen molar-refractivity contribution in [1.29, 1.82) is 0 Å². The number of aliphatic hydroxyl groups excluding tert-OH is 1. The minimum absolute atomic E-state index is 0.0151. The van der Waals surface area contributed by atoms with Crippen LogP contribution >= 0.6 is 0 Å². The van der Waals surface area contributed by atoms with Crippen molar-refractivity contribution in [3.8, 4) is 0 Å². The van der Waals surface area contributed by atoms with Gasteiger partial charge in [-0.1, -0.05) is 54.6 Å². The minimum atomic E-state index is -4.68. The number of benzene rings is 2. The topological polar surface area (TPSA) is 153 Å². The molecule has 4 fully saturated rings. The highest BCUT2D eigenvalue weighted by molar-refractivity contribution is 5.96. The molecule has 2 aromatic rings. The first-order valence-electron chi connectivity index (χ1n) is 16.0. The fraction of sp³-hybridized carbons (Fsp3) is 0.471. The van der Waals surface area contributed by atoms with Gasteiger partial charge >= 0.3 is 18.1 Å². The van der Waals surface area contributed by atoms with E-state index < -0.39 is 78.5 Å². The second-order valence-electron chi connectivity index (χ2n) is 12.5. The van der Waals surface area contributed by atoms with Crippen LogP contribution in [0.5, 0.6) is 0 Å². The van der Waals surface area contributed by atoms with Gasteiger partial charge in [0.05, 0.1) is 13.2 Å². The van der Waals surface area contributed by atoms with Crippen LogP contribution in [0.2, 0.25) is 0 Å². The molecule has 50 heavy (non-hydrogen) atoms. The molecule has 1 saturated carbocycles. The zero-order chi connectivity index (χ0) is 35.6. The average Bonchev–Trinajstić information content (AvgIpc) is 3.72. The van der Waals surface area contributed by atoms with Crippen molar-refractivity contribution in [3.05, 3.63) is 77.4 Å². The normalized spacial score (nSPS) is 27.8. The Morgan fingerprint density at radius 1 is 1.12 bits per heavy atom. The number of carbonyl (C=O) groups is 4. The van der Waals surface area contributed by atoms with E-state index in [4.69, 9.17) is 19.0 Å². The predicted octanol–water partition coefficient (Wildman–Crippen LogP) is 1.52. The van der Waals surface area contributed by atoms with E-state index in [-0.39, 0.29) is 39.3 Å². The van der Waals surface area contributed by atoms with Crippen LogP contribution < -0.4 is 5.32 Å². The standard InChI is InChI=1S/C34H36F3N3O10/c1-39(23(30(43)38-13-14-41)15-20-7-3-2-4-8-20)32(45)33-16-24-26-27(48-19-47-26)29(33)50-40(28(33)31(44)49-24)17-22-10-6-5-9-21(22)11-12-25(42)46-18-34(35,36)37/h2-12,23-24,26-29,41H,13-19H2,1H3,(H,38,43). The predicted molar refractivity (Wildman–Crippen MR) is 165 cm³/mol. The van der Waals surface area contributed by atoms with Gasteiger partial charge in [-0.05, 0) is 22.8 Å². The maximum absolute atomic E-state index is 15.0. The number of halogens is 3. The van der Waals surface area contributed by atoms with Crippen LogP contribution in [0.1, 0.15) is 23.1 Å². The number of fused-ring (bicyclic) bond motifs is 4. The molecule has 2 aromatic carbocycles. The minimum Gasteiger partial charge on any atom is -0.458 e. The molecule has 0 radical (unpaired) electrons. The number of nitrogens with one attached hydrogen (secondary N) is 1. The summed E-state index contributed by atoms with van der Waals surface area (Å²) in [5.74, 6) is -3.00. The third kappa shape index (κ3) is 6.98. The van der Waals surface area contributed by atoms with Crippen molar-refractivity contribution in [3.63, 3.8) is 0 Å². The highest BCUT2D eigenvalue weighted by Gasteiger charge is 2.75. The van der Waals surface area contributed by atoms with Gasteiger partial charge in [0.25, 0.3) is 0 Å². The molecule has 7 atom stereocenters. The third-order valence-corrected chi connectivity index (χ3v) is 9.40. The SMILES string of the molecule is CN(C(=O)C12CC3OC(=O)C1N(Cc1ccccc1C=CC(=O)OCC(F)(F)F)OC2C1OCOC31)C(Cc1ccccc1)C(=O)NCCO. The number of aliphatic hydroxyl groups is 1. The highest BCUT2D eigenvalue weighted by atomic mass is 19.4. The first-order valence-corrected chi connectivity index (χ1v) is 16.0. The smallest absolute Gasteiger partial charge is 0.422 e. The Bertz CT molecular complexity index is 1620. The van der Waals surface area contributed by atoms with Gasteiger partial charge in [-0.2, -0.15) is 18.2 Å². The van der Waals surface area contributed by atoms with Gasteiger partial charge in [0, 0.05) is 32.5 Å². The number of rotatable bonds is 12. The van der Waals surface area contributed by atoms with Crippen LogP contribution in [-0.2, 0) is 55.9 Å². The number of ether oxygens (including phenoxy) is 4. The van der Waals surface area contributed by atoms with E-state index in [1.165, 1.54) is 23.1 Å². The van der Waals surface area contributed by atoms with E-state index in [0.717, 1.165) is 11.6 Å². The number of hydrogen-bond acceptors (Lipinski definition) is 11. The van der Waals surface area contributed by atoms with Gasteiger partial charge in [-0.3, -0.25) is 19.2 Å². The lowest BCUT2D eigenvalue weighted by molar-refractivity contribution is -0.204. The largest absolute Gasteiger partial charge is 0.458 e. The fourth-order valence-corrected chi connectivity index (χ4v) is 7.19. The highest BCUT2D eigenvalue weighted by Crippen LogP contribution is 2.56. The van der Waals surface area contributed by atoms with Gasteiger partial charge < -0.3 is 34.3 Å². The Morgan fingerprint density at radius 2 is 1.84 bits per heavy atom. The van der Waals surface area contributed by atoms with Crippen LogP contribution in [-0.4, -0.2) is 115 Å². The number of hydrogen-bond donors (Lipinski definition) is 2. The molecule has 3 heterocycles. The van der Waals surface area contributed by atoms with Crippen molar-refractivity contribution < 1.29 is 61.2 Å². The number of nitrogens with zero attached hydrogens (tertiary/aromatic N) is 2. The number of carbonyl (C=O) groups excluding carboxylic acids is 4. The van der Waals surface area contributed by atoms with Gasteiger partial charge in [0.2, 0.25) is 11.8 Å². The van der Waals surface area contributed by atoms with Gasteiger partial charge in [0.1, 0.15) is 42.7 Å². The summed E-state index contributed by atoms with van der Waals surface area (Å²) in [6.45, 7) is -2.31. The molecule has 1 aliphatic carbocycles. The summed E-state index contributed by atoms with van der Waals surface area (Å²) in [7, 11) is 1.48. The van der Waals surface area contributed by atoms with Gasteiger partial charge in [-0.25, -0.2) is 4.79 Å². The van der Waals surface area contributed by atoms with Gasteiger partial charge in [0.15, 0.2) is 12.6 Å². The van der Waals surface area contributed by atoms with Crippen LogP contribution in [0.4, 0.5) is 13.2 Å². The molecule has 2 N–H and O–H groups in total. The molecule has 0 spiro atoms. The average molecular weight is 704 g/mol. The summed E-state index contributed by atoms with van der Waals surface area (Å²) in [4.78, 5) is 62.1. The zero-order valence-electron chi connectivity index (χ0n) is 26.9. The van der Waals surface area contributed by atoms with E-state index in [0.29, 0.717) is 11.1 Å². The molecule has 6 rings (SSSR count). The lowest BCUT2D eigenvalue weighted by Gasteiger charge is -2.50. The quantitative estimate of drug-likeness (QED) is 0.245. The van der Waals surface area contributed by atoms with Crippen molar-refractivity contribution in [2.24, 2.45) is 5.41 Å². The molecule has 3 aliphatic heterocycles. The molecule has 13 nitrogen and oxygen atoms in total. The molecule has 7 unspecified atom stereocenters. The first-order chi connectivity index (χ1) is 23.9. The number of amides is 2. The maximum Gasteiger partial charge on any atom is 0.422 e. The Balaban J connectivity index is 1.32. The molecule has 2 bridgehead atoms. The number of likely N-dealkylation sites (N-methyl/N-ethyl adjacent to an activating group) is 1. The fourth-order valence-electron chi connectivity index (χ4n) is 7.19. The third-order valence-electron chi connectivity index (χ3n) is 9.40. The Labute approximate surface area is 284 Å². The Hall–Kier alpha value is -4.35. The summed E-state index contributed by atoms with van der Waals surface area (Å²) in [6, 6.07) is 13.4. The summed E-state index contributed by atoms with van der Waals surface area (Å²) in [5.41, 5.74) is 0.111. The van der Waals surface area contributed by atoms with Gasteiger partial charge in [-0.15, -0.1) is 0 Å². The monoisotopic (exact) mass is 703 g/mol. The molecule has 4 aliphatic rings. The molecule has 3 saturated heterocycles. The van der Waals surface area contributed by atoms with E-state index in [1.807, 2.05) is 30.3 Å². The molecule has 268 valence electrons. The second-order valence-corrected chi connectivity index (χ2v) is 12.5. The van der Waals surface area contributed by atoms with Crippen molar-refractivity contribution in [2.75, 3.05) is 33.6 Å². The Kier molecular flexibility index (Phi) is 10.3. The maximum atomic E-state index is 15.0. The molecule has 0 aromatic heterocycles. The first kappa shape index (κ1) is 35.5. The Morgan fingerprint density at radius 3 is 2.58 bits per heavy atom. The number of hydroxylamine groups is 2. The van der Waals surface area contributed by atoms with Crippen LogP contribution in [0, 0.1) is 5.41 Å². The zero-order valence-corrected chi connectivity index (χ0v) is 26.9. The summed E-state index contributed by atoms with van der Waals surface area (Å²) >= 11 is 0. The summed E-state index contributed by atoms with van der Waals surface area (Å²) in [6.07, 6.45) is -5.76.